The van der Waals surface area contributed by atoms with E-state index in [9.17, 15) is 43.5 Å². The number of phosphoric acid groups is 3. The first kappa shape index (κ1) is 24.2. The monoisotopic (exact) mass is 504 g/mol. The summed E-state index contributed by atoms with van der Waals surface area (Å²) in [5, 5.41) is 27.6. The molecular formula is C9H11N6O13P3-4. The Kier molecular flexibility index (Phi) is 6.63. The van der Waals surface area contributed by atoms with Gasteiger partial charge in [-0.15, -0.1) is 5.10 Å². The minimum Gasteiger partial charge on any atom is -0.790 e. The summed E-state index contributed by atoms with van der Waals surface area (Å²) in [5.74, 6) is -0.0430. The van der Waals surface area contributed by atoms with Gasteiger partial charge in [-0.1, -0.05) is 5.21 Å². The van der Waals surface area contributed by atoms with Crippen molar-refractivity contribution in [2.45, 2.75) is 24.5 Å². The third-order valence-corrected chi connectivity index (χ3v) is 7.33. The van der Waals surface area contributed by atoms with Crippen LogP contribution in [0.3, 0.4) is 0 Å². The predicted molar refractivity (Wildman–Crippen MR) is 84.4 cm³/mol. The molecule has 1 aliphatic heterocycles. The van der Waals surface area contributed by atoms with E-state index in [4.69, 9.17) is 10.5 Å². The van der Waals surface area contributed by atoms with Crippen LogP contribution >= 0.6 is 23.5 Å². The molecule has 0 aromatic carbocycles. The second-order valence-electron chi connectivity index (χ2n) is 5.81. The molecule has 22 heteroatoms. The number of hydrogen-bond donors (Lipinski definition) is 3. The smallest absolute Gasteiger partial charge is 0.278 e. The Morgan fingerprint density at radius 1 is 1.10 bits per heavy atom. The zero-order valence-electron chi connectivity index (χ0n) is 14.6. The summed E-state index contributed by atoms with van der Waals surface area (Å²) in [6.07, 6.45) is -5.45. The number of nitrogens with zero attached hydrogens (tertiary/aromatic N) is 5. The van der Waals surface area contributed by atoms with E-state index in [-0.39, 0.29) is 17.0 Å². The standard InChI is InChI=1S/C9H15N6O13P3/c10-7-4-8(12-2-11-7)15(14-13-4)9-6(17)5(16)3(26-9)1-25-30(21,22)28-31(23,24)27-29(18,19)20/h2-3,5-6,9,16-17H,1H2,(H,21,22)(H,23,24)(H2,10,11,12)(H2,18,19,20)/p-4. The van der Waals surface area contributed by atoms with Crippen molar-refractivity contribution in [2.75, 3.05) is 12.3 Å². The van der Waals surface area contributed by atoms with Crippen LogP contribution in [-0.2, 0) is 31.6 Å². The topological polar surface area (TPSA) is 303 Å². The molecule has 0 bridgehead atoms. The second-order valence-corrected chi connectivity index (χ2v) is 10.1. The molecule has 3 rings (SSSR count). The molecular weight excluding hydrogens is 493 g/mol. The number of phosphoric ester groups is 1. The largest absolute Gasteiger partial charge is 0.790 e. The molecule has 4 N–H and O–H groups in total. The van der Waals surface area contributed by atoms with Crippen molar-refractivity contribution in [3.8, 4) is 0 Å². The Hall–Kier alpha value is -1.43. The molecule has 1 saturated heterocycles. The minimum atomic E-state index is -6.15. The lowest BCUT2D eigenvalue weighted by Gasteiger charge is -2.37. The van der Waals surface area contributed by atoms with Gasteiger partial charge in [0, 0.05) is 0 Å². The average Bonchev–Trinajstić information content (AvgIpc) is 3.13. The first-order valence-electron chi connectivity index (χ1n) is 7.73. The minimum absolute atomic E-state index is 0.00671. The van der Waals surface area contributed by atoms with Gasteiger partial charge in [0.25, 0.3) is 15.6 Å². The maximum absolute atomic E-state index is 11.6. The lowest BCUT2D eigenvalue weighted by Crippen LogP contribution is -2.34. The van der Waals surface area contributed by atoms with Gasteiger partial charge in [0.1, 0.15) is 24.6 Å². The molecule has 0 spiro atoms. The van der Waals surface area contributed by atoms with Crippen LogP contribution in [0.5, 0.6) is 0 Å². The van der Waals surface area contributed by atoms with E-state index in [0.29, 0.717) is 0 Å². The molecule has 1 fully saturated rings. The van der Waals surface area contributed by atoms with Gasteiger partial charge < -0.3 is 49.3 Å². The highest BCUT2D eigenvalue weighted by atomic mass is 31.3. The Morgan fingerprint density at radius 3 is 2.42 bits per heavy atom. The zero-order valence-corrected chi connectivity index (χ0v) is 17.3. The van der Waals surface area contributed by atoms with Crippen LogP contribution in [-0.4, -0.2) is 60.1 Å². The summed E-state index contributed by atoms with van der Waals surface area (Å²) in [5.41, 5.74) is 5.66. The van der Waals surface area contributed by atoms with Gasteiger partial charge in [0.2, 0.25) is 0 Å². The number of aliphatic hydroxyl groups is 2. The Morgan fingerprint density at radius 2 is 1.77 bits per heavy atom. The van der Waals surface area contributed by atoms with E-state index < -0.39 is 54.6 Å². The van der Waals surface area contributed by atoms with Crippen LogP contribution in [0.4, 0.5) is 5.82 Å². The van der Waals surface area contributed by atoms with Crippen molar-refractivity contribution in [3.05, 3.63) is 6.33 Å². The lowest BCUT2D eigenvalue weighted by atomic mass is 10.1. The molecule has 0 radical (unpaired) electrons. The van der Waals surface area contributed by atoms with Crippen LogP contribution in [0.2, 0.25) is 0 Å². The van der Waals surface area contributed by atoms with E-state index in [1.165, 1.54) is 0 Å². The molecule has 0 aliphatic carbocycles. The molecule has 2 aromatic rings. The summed E-state index contributed by atoms with van der Waals surface area (Å²) in [4.78, 5) is 50.8. The van der Waals surface area contributed by atoms with Crippen molar-refractivity contribution in [1.82, 2.24) is 25.0 Å². The molecule has 0 saturated carbocycles. The molecule has 19 nitrogen and oxygen atoms in total. The van der Waals surface area contributed by atoms with Gasteiger partial charge in [0.05, 0.1) is 14.4 Å². The van der Waals surface area contributed by atoms with Crippen LogP contribution in [0.15, 0.2) is 6.33 Å². The Labute approximate surface area is 170 Å². The van der Waals surface area contributed by atoms with E-state index >= 15 is 0 Å². The SMILES string of the molecule is Nc1ncnc2c1nnn2C1OC(COP(=O)([O-])OP(=O)([O-])OP(=O)([O-])[O-])C(O)C1O. The van der Waals surface area contributed by atoms with Crippen LogP contribution < -0.4 is 25.3 Å². The quantitative estimate of drug-likeness (QED) is 0.284. The number of hydrogen-bond acceptors (Lipinski definition) is 18. The number of rotatable bonds is 8. The lowest BCUT2D eigenvalue weighted by molar-refractivity contribution is -0.339. The van der Waals surface area contributed by atoms with Crippen LogP contribution in [0.25, 0.3) is 11.2 Å². The van der Waals surface area contributed by atoms with E-state index in [1.54, 1.807) is 0 Å². The van der Waals surface area contributed by atoms with Gasteiger partial charge in [-0.2, -0.15) is 4.68 Å². The maximum Gasteiger partial charge on any atom is 0.278 e. The van der Waals surface area contributed by atoms with Crippen molar-refractivity contribution < 1.29 is 61.4 Å². The summed E-state index contributed by atoms with van der Waals surface area (Å²) in [6.45, 7) is -1.11. The molecule has 31 heavy (non-hydrogen) atoms. The van der Waals surface area contributed by atoms with Crippen LogP contribution in [0, 0.1) is 0 Å². The van der Waals surface area contributed by atoms with Gasteiger partial charge in [-0.05, 0) is 0 Å². The fourth-order valence-electron chi connectivity index (χ4n) is 2.47. The van der Waals surface area contributed by atoms with E-state index in [0.717, 1.165) is 11.0 Å². The average molecular weight is 504 g/mol. The molecule has 174 valence electrons. The molecule has 2 aromatic heterocycles. The zero-order chi connectivity index (χ0) is 23.2. The third kappa shape index (κ3) is 5.68. The van der Waals surface area contributed by atoms with Gasteiger partial charge in [-0.25, -0.2) is 14.3 Å². The summed E-state index contributed by atoms with van der Waals surface area (Å²) in [7, 11) is -18.1. The van der Waals surface area contributed by atoms with Gasteiger partial charge in [0.15, 0.2) is 23.2 Å². The van der Waals surface area contributed by atoms with Crippen molar-refractivity contribution in [3.63, 3.8) is 0 Å². The van der Waals surface area contributed by atoms with Crippen molar-refractivity contribution >= 4 is 40.4 Å². The number of anilines is 1. The van der Waals surface area contributed by atoms with Gasteiger partial charge >= 0.3 is 0 Å². The fourth-order valence-corrected chi connectivity index (χ4v) is 5.34. The van der Waals surface area contributed by atoms with Crippen molar-refractivity contribution in [2.24, 2.45) is 0 Å². The number of nitrogens with two attached hydrogens (primary N) is 1. The van der Waals surface area contributed by atoms with E-state index in [2.05, 4.69) is 33.4 Å². The highest BCUT2D eigenvalue weighted by Gasteiger charge is 2.45. The second kappa shape index (κ2) is 8.49. The van der Waals surface area contributed by atoms with E-state index in [1.807, 2.05) is 0 Å². The summed E-state index contributed by atoms with van der Waals surface area (Å²) < 4.78 is 49.8. The number of nitrogen functional groups attached to an aromatic ring is 1. The predicted octanol–water partition coefficient (Wildman–Crippen LogP) is -4.76. The van der Waals surface area contributed by atoms with Crippen LogP contribution in [0.1, 0.15) is 6.23 Å². The first-order chi connectivity index (χ1) is 14.2. The summed E-state index contributed by atoms with van der Waals surface area (Å²) >= 11 is 0. The molecule has 1 aliphatic rings. The third-order valence-electron chi connectivity index (χ3n) is 3.66. The Balaban J connectivity index is 1.69. The highest BCUT2D eigenvalue weighted by Crippen LogP contribution is 2.60. The number of aromatic nitrogens is 5. The molecule has 6 unspecified atom stereocenters. The van der Waals surface area contributed by atoms with Gasteiger partial charge in [-0.3, -0.25) is 13.4 Å². The number of fused-ring (bicyclic) bond motifs is 1. The molecule has 0 amide bonds. The number of aliphatic hydroxyl groups excluding tert-OH is 2. The Bertz CT molecular complexity index is 1110. The first-order valence-corrected chi connectivity index (χ1v) is 12.1. The van der Waals surface area contributed by atoms with Crippen molar-refractivity contribution in [1.29, 1.82) is 0 Å². The highest BCUT2D eigenvalue weighted by molar-refractivity contribution is 7.64. The molecule has 6 atom stereocenters. The fraction of sp³-hybridized carbons (Fsp3) is 0.556. The normalized spacial score (nSPS) is 28.5. The number of ether oxygens (including phenoxy) is 1. The molecule has 3 heterocycles. The summed E-state index contributed by atoms with van der Waals surface area (Å²) in [6, 6.07) is 0. The maximum atomic E-state index is 11.6.